The van der Waals surface area contributed by atoms with Crippen molar-refractivity contribution in [2.24, 2.45) is 23.7 Å². The average molecular weight is 325 g/mol. The van der Waals surface area contributed by atoms with Crippen molar-refractivity contribution in [3.8, 4) is 0 Å². The molecular weight excluding hydrogens is 302 g/mol. The van der Waals surface area contributed by atoms with Gasteiger partial charge in [-0.15, -0.1) is 0 Å². The minimum Gasteiger partial charge on any atom is -0.371 e. The summed E-state index contributed by atoms with van der Waals surface area (Å²) in [5, 5.41) is 4.43. The summed E-state index contributed by atoms with van der Waals surface area (Å²) in [7, 11) is 0. The highest BCUT2D eigenvalue weighted by molar-refractivity contribution is 5.44. The maximum atomic E-state index is 6.57. The van der Waals surface area contributed by atoms with Crippen molar-refractivity contribution in [3.05, 3.63) is 18.6 Å². The number of hydrogen-bond acceptors (Lipinski definition) is 5. The molecule has 24 heavy (non-hydrogen) atoms. The van der Waals surface area contributed by atoms with Crippen molar-refractivity contribution in [1.29, 1.82) is 0 Å². The van der Waals surface area contributed by atoms with Gasteiger partial charge in [-0.25, -0.2) is 9.97 Å². The van der Waals surface area contributed by atoms with Crippen LogP contribution in [0.2, 0.25) is 0 Å². The van der Waals surface area contributed by atoms with Gasteiger partial charge in [0.25, 0.3) is 0 Å². The Hall–Kier alpha value is -1.69. The number of aromatic nitrogens is 4. The second-order valence-electron chi connectivity index (χ2n) is 8.30. The Balaban J connectivity index is 1.38. The normalized spacial score (nSPS) is 40.8. The van der Waals surface area contributed by atoms with Crippen molar-refractivity contribution in [2.75, 3.05) is 24.6 Å². The van der Waals surface area contributed by atoms with Crippen molar-refractivity contribution >= 4 is 11.6 Å². The fourth-order valence-electron chi connectivity index (χ4n) is 6.37. The summed E-state index contributed by atoms with van der Waals surface area (Å²) >= 11 is 0. The third-order valence-corrected chi connectivity index (χ3v) is 7.15. The van der Waals surface area contributed by atoms with E-state index in [2.05, 4.69) is 20.0 Å². The maximum absolute atomic E-state index is 6.57. The molecule has 5 fully saturated rings. The fraction of sp³-hybridized carbons (Fsp3) is 0.722. The van der Waals surface area contributed by atoms with Crippen LogP contribution in [0.5, 0.6) is 0 Å². The molecule has 0 radical (unpaired) electrons. The van der Waals surface area contributed by atoms with Crippen LogP contribution in [0.1, 0.15) is 32.1 Å². The van der Waals surface area contributed by atoms with E-state index in [0.29, 0.717) is 0 Å². The van der Waals surface area contributed by atoms with Crippen LogP contribution >= 0.6 is 0 Å². The molecule has 2 aromatic heterocycles. The standard InChI is InChI=1S/C18H23N5O/c1-2-21-23-16(1)19-11-20-17(23)22-3-4-24-18(10-22)14-6-12-5-13(8-14)9-15(18)7-12/h1-2,11-15H,3-10H2. The Bertz CT molecular complexity index is 759. The lowest BCUT2D eigenvalue weighted by atomic mass is 9.49. The summed E-state index contributed by atoms with van der Waals surface area (Å²) < 4.78 is 8.44. The summed E-state index contributed by atoms with van der Waals surface area (Å²) in [6.07, 6.45) is 10.4. The van der Waals surface area contributed by atoms with E-state index in [1.807, 2.05) is 10.6 Å². The van der Waals surface area contributed by atoms with Gasteiger partial charge in [0.05, 0.1) is 24.9 Å². The van der Waals surface area contributed by atoms with Crippen LogP contribution in [0.3, 0.4) is 0 Å². The third kappa shape index (κ3) is 1.72. The second kappa shape index (κ2) is 4.69. The van der Waals surface area contributed by atoms with Crippen LogP contribution in [0.4, 0.5) is 5.95 Å². The molecule has 0 atom stereocenters. The predicted molar refractivity (Wildman–Crippen MR) is 88.7 cm³/mol. The molecule has 6 nitrogen and oxygen atoms in total. The molecule has 126 valence electrons. The van der Waals surface area contributed by atoms with E-state index in [0.717, 1.165) is 55.0 Å². The molecule has 0 aromatic carbocycles. The number of rotatable bonds is 1. The second-order valence-corrected chi connectivity index (χ2v) is 8.30. The average Bonchev–Trinajstić information content (AvgIpc) is 3.08. The summed E-state index contributed by atoms with van der Waals surface area (Å²) in [6, 6.07) is 1.93. The fourth-order valence-corrected chi connectivity index (χ4v) is 6.37. The zero-order valence-corrected chi connectivity index (χ0v) is 13.8. The van der Waals surface area contributed by atoms with Crippen LogP contribution in [0, 0.1) is 23.7 Å². The zero-order chi connectivity index (χ0) is 15.7. The van der Waals surface area contributed by atoms with Crippen molar-refractivity contribution in [3.63, 3.8) is 0 Å². The smallest absolute Gasteiger partial charge is 0.230 e. The van der Waals surface area contributed by atoms with Crippen molar-refractivity contribution in [2.45, 2.75) is 37.7 Å². The lowest BCUT2D eigenvalue weighted by Crippen LogP contribution is -2.66. The van der Waals surface area contributed by atoms with E-state index in [1.54, 1.807) is 12.5 Å². The molecule has 1 saturated heterocycles. The Kier molecular flexibility index (Phi) is 2.65. The van der Waals surface area contributed by atoms with Gasteiger partial charge in [-0.05, 0) is 55.8 Å². The molecule has 4 bridgehead atoms. The zero-order valence-electron chi connectivity index (χ0n) is 13.8. The molecular formula is C18H23N5O. The Labute approximate surface area is 141 Å². The SMILES string of the molecule is c1nc(N2CCOC3(C2)C2CC4CC(C2)CC3C4)n2nccc2n1. The molecule has 0 amide bonds. The summed E-state index contributed by atoms with van der Waals surface area (Å²) in [5.41, 5.74) is 0.918. The number of nitrogens with zero attached hydrogens (tertiary/aromatic N) is 5. The molecule has 0 unspecified atom stereocenters. The molecule has 3 heterocycles. The van der Waals surface area contributed by atoms with E-state index >= 15 is 0 Å². The molecule has 0 N–H and O–H groups in total. The monoisotopic (exact) mass is 325 g/mol. The molecule has 1 spiro atoms. The van der Waals surface area contributed by atoms with E-state index in [-0.39, 0.29) is 5.60 Å². The third-order valence-electron chi connectivity index (χ3n) is 7.15. The minimum atomic E-state index is 0.0517. The van der Waals surface area contributed by atoms with Gasteiger partial charge in [0.2, 0.25) is 5.95 Å². The van der Waals surface area contributed by atoms with Gasteiger partial charge in [0.15, 0.2) is 5.65 Å². The molecule has 4 saturated carbocycles. The lowest BCUT2D eigenvalue weighted by Gasteiger charge is -2.62. The van der Waals surface area contributed by atoms with E-state index in [4.69, 9.17) is 4.74 Å². The quantitative estimate of drug-likeness (QED) is 0.804. The van der Waals surface area contributed by atoms with Gasteiger partial charge in [0.1, 0.15) is 6.33 Å². The van der Waals surface area contributed by atoms with Gasteiger partial charge >= 0.3 is 0 Å². The maximum Gasteiger partial charge on any atom is 0.230 e. The molecule has 7 rings (SSSR count). The first-order chi connectivity index (χ1) is 11.8. The highest BCUT2D eigenvalue weighted by Crippen LogP contribution is 2.60. The number of morpholine rings is 1. The van der Waals surface area contributed by atoms with Gasteiger partial charge < -0.3 is 9.64 Å². The number of hydrogen-bond donors (Lipinski definition) is 0. The Morgan fingerprint density at radius 1 is 1.04 bits per heavy atom. The van der Waals surface area contributed by atoms with Gasteiger partial charge in [-0.2, -0.15) is 9.61 Å². The van der Waals surface area contributed by atoms with E-state index < -0.39 is 0 Å². The minimum absolute atomic E-state index is 0.0517. The number of ether oxygens (including phenoxy) is 1. The van der Waals surface area contributed by atoms with Crippen molar-refractivity contribution < 1.29 is 4.74 Å². The summed E-state index contributed by atoms with van der Waals surface area (Å²) in [4.78, 5) is 11.3. The van der Waals surface area contributed by atoms with Crippen LogP contribution in [0.15, 0.2) is 18.6 Å². The lowest BCUT2D eigenvalue weighted by molar-refractivity contribution is -0.207. The number of fused-ring (bicyclic) bond motifs is 1. The largest absolute Gasteiger partial charge is 0.371 e. The first-order valence-corrected chi connectivity index (χ1v) is 9.35. The Morgan fingerprint density at radius 3 is 2.62 bits per heavy atom. The molecule has 5 aliphatic rings. The van der Waals surface area contributed by atoms with E-state index in [1.165, 1.54) is 32.1 Å². The van der Waals surface area contributed by atoms with Crippen LogP contribution in [0.25, 0.3) is 5.65 Å². The molecule has 1 aliphatic heterocycles. The van der Waals surface area contributed by atoms with Crippen LogP contribution < -0.4 is 4.90 Å². The van der Waals surface area contributed by atoms with Gasteiger partial charge in [0, 0.05) is 12.6 Å². The molecule has 6 heteroatoms. The highest BCUT2D eigenvalue weighted by atomic mass is 16.5. The van der Waals surface area contributed by atoms with Crippen LogP contribution in [-0.4, -0.2) is 44.9 Å². The topological polar surface area (TPSA) is 55.6 Å². The van der Waals surface area contributed by atoms with Crippen LogP contribution in [-0.2, 0) is 4.74 Å². The number of anilines is 1. The molecule has 4 aliphatic carbocycles. The molecule has 2 aromatic rings. The van der Waals surface area contributed by atoms with E-state index in [9.17, 15) is 0 Å². The summed E-state index contributed by atoms with van der Waals surface area (Å²) in [6.45, 7) is 2.66. The van der Waals surface area contributed by atoms with Crippen molar-refractivity contribution in [1.82, 2.24) is 19.6 Å². The predicted octanol–water partition coefficient (Wildman–Crippen LogP) is 2.16. The Morgan fingerprint density at radius 2 is 1.83 bits per heavy atom. The summed E-state index contributed by atoms with van der Waals surface area (Å²) in [5.74, 6) is 4.34. The highest BCUT2D eigenvalue weighted by Gasteiger charge is 2.59. The van der Waals surface area contributed by atoms with Gasteiger partial charge in [-0.3, -0.25) is 0 Å². The first kappa shape index (κ1) is 13.6. The van der Waals surface area contributed by atoms with Gasteiger partial charge in [-0.1, -0.05) is 0 Å². The first-order valence-electron chi connectivity index (χ1n) is 9.35.